The third kappa shape index (κ3) is 6.71. The molecule has 6 nitrogen and oxygen atoms in total. The van der Waals surface area contributed by atoms with Crippen molar-refractivity contribution in [3.8, 4) is 11.5 Å². The molecule has 0 aliphatic heterocycles. The van der Waals surface area contributed by atoms with Crippen molar-refractivity contribution in [1.29, 1.82) is 0 Å². The van der Waals surface area contributed by atoms with Crippen molar-refractivity contribution in [2.24, 2.45) is 0 Å². The first-order chi connectivity index (χ1) is 12.8. The Bertz CT molecular complexity index is 848. The molecule has 1 unspecified atom stereocenters. The second-order valence-corrected chi connectivity index (χ2v) is 7.72. The molecule has 0 heterocycles. The molecular formula is C18H17Br2ClN2O4. The van der Waals surface area contributed by atoms with Crippen LogP contribution in [0.25, 0.3) is 0 Å². The van der Waals surface area contributed by atoms with Crippen LogP contribution < -0.4 is 20.3 Å². The monoisotopic (exact) mass is 518 g/mol. The highest BCUT2D eigenvalue weighted by atomic mass is 79.9. The van der Waals surface area contributed by atoms with Gasteiger partial charge < -0.3 is 9.47 Å². The van der Waals surface area contributed by atoms with Crippen LogP contribution in [0.15, 0.2) is 45.3 Å². The van der Waals surface area contributed by atoms with E-state index >= 15 is 0 Å². The van der Waals surface area contributed by atoms with E-state index < -0.39 is 17.9 Å². The summed E-state index contributed by atoms with van der Waals surface area (Å²) >= 11 is 12.6. The number of benzene rings is 2. The van der Waals surface area contributed by atoms with Gasteiger partial charge >= 0.3 is 0 Å². The molecule has 0 aromatic heterocycles. The number of carbonyl (C=O) groups excluding carboxylic acids is 2. The highest BCUT2D eigenvalue weighted by molar-refractivity contribution is 9.10. The van der Waals surface area contributed by atoms with Gasteiger partial charge in [0.05, 0.1) is 4.47 Å². The van der Waals surface area contributed by atoms with Gasteiger partial charge in [-0.05, 0) is 71.7 Å². The van der Waals surface area contributed by atoms with Crippen LogP contribution in [0.3, 0.4) is 0 Å². The van der Waals surface area contributed by atoms with Crippen molar-refractivity contribution in [2.45, 2.75) is 20.0 Å². The molecule has 0 aliphatic rings. The van der Waals surface area contributed by atoms with Crippen LogP contribution in [0, 0.1) is 6.92 Å². The van der Waals surface area contributed by atoms with Crippen molar-refractivity contribution in [3.63, 3.8) is 0 Å². The van der Waals surface area contributed by atoms with E-state index in [0.717, 1.165) is 10.0 Å². The molecule has 2 aromatic carbocycles. The average Bonchev–Trinajstić information content (AvgIpc) is 2.62. The van der Waals surface area contributed by atoms with E-state index in [1.165, 1.54) is 0 Å². The van der Waals surface area contributed by atoms with Gasteiger partial charge in [-0.3, -0.25) is 20.4 Å². The lowest BCUT2D eigenvalue weighted by Gasteiger charge is -2.16. The number of nitrogens with one attached hydrogen (secondary N) is 2. The van der Waals surface area contributed by atoms with Gasteiger partial charge in [-0.25, -0.2) is 0 Å². The lowest BCUT2D eigenvalue weighted by molar-refractivity contribution is -0.133. The molecule has 2 amide bonds. The average molecular weight is 521 g/mol. The number of halogens is 3. The number of hydrogen-bond donors (Lipinski definition) is 2. The summed E-state index contributed by atoms with van der Waals surface area (Å²) in [7, 11) is 0. The minimum absolute atomic E-state index is 0.237. The molecule has 0 saturated heterocycles. The van der Waals surface area contributed by atoms with Crippen LogP contribution in [0.1, 0.15) is 12.5 Å². The Balaban J connectivity index is 1.78. The van der Waals surface area contributed by atoms with E-state index in [2.05, 4.69) is 42.7 Å². The van der Waals surface area contributed by atoms with Crippen molar-refractivity contribution in [2.75, 3.05) is 6.61 Å². The molecule has 2 N–H and O–H groups in total. The van der Waals surface area contributed by atoms with Crippen LogP contribution in [-0.4, -0.2) is 24.5 Å². The molecular weight excluding hydrogens is 503 g/mol. The molecule has 27 heavy (non-hydrogen) atoms. The highest BCUT2D eigenvalue weighted by Gasteiger charge is 2.17. The Hall–Kier alpha value is -1.77. The minimum atomic E-state index is -0.835. The van der Waals surface area contributed by atoms with Crippen LogP contribution in [0.5, 0.6) is 11.5 Å². The molecule has 144 valence electrons. The second-order valence-electron chi connectivity index (χ2n) is 5.57. The zero-order chi connectivity index (χ0) is 20.0. The smallest absolute Gasteiger partial charge is 0.279 e. The van der Waals surface area contributed by atoms with Gasteiger partial charge in [0.1, 0.15) is 11.5 Å². The molecule has 1 atom stereocenters. The summed E-state index contributed by atoms with van der Waals surface area (Å²) in [6, 6.07) is 10.3. The Morgan fingerprint density at radius 1 is 1.11 bits per heavy atom. The SMILES string of the molecule is Cc1cc(OCC(=O)NNC(=O)C(C)Oc2ccc(Cl)cc2Br)ccc1Br. The van der Waals surface area contributed by atoms with E-state index in [0.29, 0.717) is 21.0 Å². The van der Waals surface area contributed by atoms with Gasteiger partial charge in [-0.2, -0.15) is 0 Å². The Morgan fingerprint density at radius 2 is 1.85 bits per heavy atom. The molecule has 9 heteroatoms. The Morgan fingerprint density at radius 3 is 2.52 bits per heavy atom. The number of hydrazine groups is 1. The first-order valence-corrected chi connectivity index (χ1v) is 9.82. The fourth-order valence-corrected chi connectivity index (χ4v) is 2.96. The summed E-state index contributed by atoms with van der Waals surface area (Å²) in [6.07, 6.45) is -0.835. The lowest BCUT2D eigenvalue weighted by atomic mass is 10.2. The third-order valence-electron chi connectivity index (χ3n) is 3.39. The zero-order valence-corrected chi connectivity index (χ0v) is 18.4. The number of hydrogen-bond acceptors (Lipinski definition) is 4. The normalized spacial score (nSPS) is 11.4. The maximum absolute atomic E-state index is 12.0. The number of carbonyl (C=O) groups is 2. The van der Waals surface area contributed by atoms with E-state index in [1.54, 1.807) is 37.3 Å². The van der Waals surface area contributed by atoms with Crippen LogP contribution >= 0.6 is 43.5 Å². The van der Waals surface area contributed by atoms with Crippen molar-refractivity contribution in [3.05, 3.63) is 55.9 Å². The standard InChI is InChI=1S/C18H17Br2ClN2O4/c1-10-7-13(4-5-14(10)19)26-9-17(24)22-23-18(25)11(2)27-16-6-3-12(21)8-15(16)20/h3-8,11H,9H2,1-2H3,(H,22,24)(H,23,25). The topological polar surface area (TPSA) is 76.7 Å². The molecule has 2 aromatic rings. The predicted molar refractivity (Wildman–Crippen MR) is 110 cm³/mol. The molecule has 0 radical (unpaired) electrons. The van der Waals surface area contributed by atoms with Crippen LogP contribution in [-0.2, 0) is 9.59 Å². The fourth-order valence-electron chi connectivity index (χ4n) is 1.94. The number of rotatable bonds is 6. The van der Waals surface area contributed by atoms with Crippen LogP contribution in [0.2, 0.25) is 5.02 Å². The number of aryl methyl sites for hydroxylation is 1. The maximum atomic E-state index is 12.0. The van der Waals surface area contributed by atoms with Gasteiger partial charge in [-0.1, -0.05) is 27.5 Å². The Labute approximate surface area is 178 Å². The summed E-state index contributed by atoms with van der Waals surface area (Å²) in [4.78, 5) is 23.9. The number of ether oxygens (including phenoxy) is 2. The van der Waals surface area contributed by atoms with Gasteiger partial charge in [0.2, 0.25) is 0 Å². The first kappa shape index (κ1) is 21.5. The van der Waals surface area contributed by atoms with Crippen molar-refractivity contribution in [1.82, 2.24) is 10.9 Å². The van der Waals surface area contributed by atoms with Crippen molar-refractivity contribution < 1.29 is 19.1 Å². The largest absolute Gasteiger partial charge is 0.484 e. The van der Waals surface area contributed by atoms with E-state index in [-0.39, 0.29) is 6.61 Å². The first-order valence-electron chi connectivity index (χ1n) is 7.85. The van der Waals surface area contributed by atoms with Gasteiger partial charge in [0.25, 0.3) is 11.8 Å². The number of amides is 2. The summed E-state index contributed by atoms with van der Waals surface area (Å²) < 4.78 is 12.5. The van der Waals surface area contributed by atoms with E-state index in [9.17, 15) is 9.59 Å². The van der Waals surface area contributed by atoms with E-state index in [4.69, 9.17) is 21.1 Å². The molecule has 2 rings (SSSR count). The summed E-state index contributed by atoms with van der Waals surface area (Å²) in [5.74, 6) is 0.0114. The van der Waals surface area contributed by atoms with Gasteiger partial charge in [0.15, 0.2) is 12.7 Å². The third-order valence-corrected chi connectivity index (χ3v) is 5.14. The zero-order valence-electron chi connectivity index (χ0n) is 14.5. The van der Waals surface area contributed by atoms with Crippen LogP contribution in [0.4, 0.5) is 0 Å². The highest BCUT2D eigenvalue weighted by Crippen LogP contribution is 2.28. The van der Waals surface area contributed by atoms with E-state index in [1.807, 2.05) is 13.0 Å². The second kappa shape index (κ2) is 9.96. The minimum Gasteiger partial charge on any atom is -0.484 e. The Kier molecular flexibility index (Phi) is 7.94. The molecule has 0 fully saturated rings. The van der Waals surface area contributed by atoms with Gasteiger partial charge in [0, 0.05) is 9.50 Å². The maximum Gasteiger partial charge on any atom is 0.279 e. The summed E-state index contributed by atoms with van der Waals surface area (Å²) in [6.45, 7) is 3.24. The fraction of sp³-hybridized carbons (Fsp3) is 0.222. The van der Waals surface area contributed by atoms with Gasteiger partial charge in [-0.15, -0.1) is 0 Å². The molecule has 0 aliphatic carbocycles. The summed E-state index contributed by atoms with van der Waals surface area (Å²) in [5.41, 5.74) is 5.57. The summed E-state index contributed by atoms with van der Waals surface area (Å²) in [5, 5.41) is 0.541. The van der Waals surface area contributed by atoms with Crippen molar-refractivity contribution >= 4 is 55.3 Å². The lowest BCUT2D eigenvalue weighted by Crippen LogP contribution is -2.48. The predicted octanol–water partition coefficient (Wildman–Crippen LogP) is 4.17. The molecule has 0 spiro atoms. The quantitative estimate of drug-likeness (QED) is 0.561. The molecule has 0 saturated carbocycles. The molecule has 0 bridgehead atoms.